The molecule has 1 N–H and O–H groups in total. The Labute approximate surface area is 130 Å². The van der Waals surface area contributed by atoms with Gasteiger partial charge in [0, 0.05) is 25.5 Å². The van der Waals surface area contributed by atoms with Gasteiger partial charge in [0.1, 0.15) is 11.6 Å². The van der Waals surface area contributed by atoms with Crippen molar-refractivity contribution in [2.75, 3.05) is 0 Å². The number of hydrogen-bond acceptors (Lipinski definition) is 2. The van der Waals surface area contributed by atoms with Crippen LogP contribution in [0.25, 0.3) is 0 Å². The molecule has 6 heteroatoms. The number of aliphatic hydroxyl groups excluding tert-OH is 1. The van der Waals surface area contributed by atoms with Crippen molar-refractivity contribution < 1.29 is 13.9 Å². The molecular formula is C15H17BrF2N2O. The van der Waals surface area contributed by atoms with Crippen LogP contribution in [0.15, 0.2) is 22.7 Å². The predicted molar refractivity (Wildman–Crippen MR) is 80.1 cm³/mol. The van der Waals surface area contributed by atoms with E-state index < -0.39 is 17.7 Å². The highest BCUT2D eigenvalue weighted by atomic mass is 79.9. The third kappa shape index (κ3) is 3.68. The molecule has 1 atom stereocenters. The number of halogens is 3. The molecule has 21 heavy (non-hydrogen) atoms. The highest BCUT2D eigenvalue weighted by molar-refractivity contribution is 9.10. The molecule has 0 saturated heterocycles. The van der Waals surface area contributed by atoms with Crippen LogP contribution >= 0.6 is 15.9 Å². The molecule has 0 spiro atoms. The Morgan fingerprint density at radius 3 is 2.67 bits per heavy atom. The molecule has 0 aliphatic rings. The number of nitrogens with zero attached hydrogens (tertiary/aromatic N) is 2. The number of aromatic nitrogens is 2. The van der Waals surface area contributed by atoms with Crippen molar-refractivity contribution in [3.63, 3.8) is 0 Å². The molecule has 1 unspecified atom stereocenters. The van der Waals surface area contributed by atoms with Crippen molar-refractivity contribution in [1.29, 1.82) is 0 Å². The zero-order valence-electron chi connectivity index (χ0n) is 11.9. The van der Waals surface area contributed by atoms with Gasteiger partial charge in [0.05, 0.1) is 22.0 Å². The molecule has 0 fully saturated rings. The van der Waals surface area contributed by atoms with E-state index >= 15 is 0 Å². The van der Waals surface area contributed by atoms with Gasteiger partial charge in [0.2, 0.25) is 0 Å². The maximum Gasteiger partial charge on any atom is 0.129 e. The fourth-order valence-electron chi connectivity index (χ4n) is 2.30. The smallest absolute Gasteiger partial charge is 0.129 e. The lowest BCUT2D eigenvalue weighted by molar-refractivity contribution is 0.171. The van der Waals surface area contributed by atoms with E-state index in [-0.39, 0.29) is 6.42 Å². The van der Waals surface area contributed by atoms with Crippen LogP contribution in [0, 0.1) is 18.6 Å². The molecule has 0 amide bonds. The van der Waals surface area contributed by atoms with E-state index in [1.807, 2.05) is 18.5 Å². The maximum atomic E-state index is 13.6. The first-order valence-electron chi connectivity index (χ1n) is 6.76. The van der Waals surface area contributed by atoms with Crippen LogP contribution in [0.3, 0.4) is 0 Å². The topological polar surface area (TPSA) is 38.0 Å². The second kappa shape index (κ2) is 6.66. The van der Waals surface area contributed by atoms with Gasteiger partial charge in [0.15, 0.2) is 0 Å². The second-order valence-electron chi connectivity index (χ2n) is 4.96. The summed E-state index contributed by atoms with van der Waals surface area (Å²) in [6.07, 6.45) is -0.277. The molecule has 2 rings (SSSR count). The van der Waals surface area contributed by atoms with E-state index in [9.17, 15) is 13.9 Å². The highest BCUT2D eigenvalue weighted by Gasteiger charge is 2.17. The Kier molecular flexibility index (Phi) is 5.11. The van der Waals surface area contributed by atoms with Crippen LogP contribution in [0.2, 0.25) is 0 Å². The summed E-state index contributed by atoms with van der Waals surface area (Å²) in [6.45, 7) is 4.54. The van der Waals surface area contributed by atoms with E-state index in [0.29, 0.717) is 18.5 Å². The summed E-state index contributed by atoms with van der Waals surface area (Å²) < 4.78 is 29.1. The minimum absolute atomic E-state index is 0.131. The predicted octanol–water partition coefficient (Wildman–Crippen LogP) is 3.40. The Morgan fingerprint density at radius 1 is 1.33 bits per heavy atom. The average molecular weight is 359 g/mol. The van der Waals surface area contributed by atoms with Crippen LogP contribution in [0.1, 0.15) is 23.9 Å². The molecule has 3 nitrogen and oxygen atoms in total. The van der Waals surface area contributed by atoms with E-state index in [2.05, 4.69) is 21.0 Å². The third-order valence-electron chi connectivity index (χ3n) is 3.35. The lowest BCUT2D eigenvalue weighted by atomic mass is 10.0. The lowest BCUT2D eigenvalue weighted by Crippen LogP contribution is -2.18. The lowest BCUT2D eigenvalue weighted by Gasteiger charge is -2.13. The van der Waals surface area contributed by atoms with Crippen molar-refractivity contribution in [3.8, 4) is 0 Å². The fourth-order valence-corrected chi connectivity index (χ4v) is 2.75. The van der Waals surface area contributed by atoms with E-state index in [1.165, 1.54) is 12.1 Å². The minimum atomic E-state index is -0.761. The van der Waals surface area contributed by atoms with E-state index in [1.54, 1.807) is 0 Å². The van der Waals surface area contributed by atoms with E-state index in [4.69, 9.17) is 0 Å². The molecule has 1 aromatic heterocycles. The first kappa shape index (κ1) is 16.1. The zero-order valence-corrected chi connectivity index (χ0v) is 13.5. The van der Waals surface area contributed by atoms with Crippen molar-refractivity contribution >= 4 is 15.9 Å². The largest absolute Gasteiger partial charge is 0.392 e. The van der Waals surface area contributed by atoms with Gasteiger partial charge in [-0.15, -0.1) is 0 Å². The zero-order chi connectivity index (χ0) is 15.6. The first-order valence-corrected chi connectivity index (χ1v) is 7.55. The molecule has 0 aliphatic heterocycles. The van der Waals surface area contributed by atoms with Crippen molar-refractivity contribution in [1.82, 2.24) is 9.78 Å². The molecule has 2 aromatic rings. The Bertz CT molecular complexity index is 643. The molecule has 0 bridgehead atoms. The van der Waals surface area contributed by atoms with Gasteiger partial charge in [-0.3, -0.25) is 4.68 Å². The van der Waals surface area contributed by atoms with Gasteiger partial charge in [-0.05, 0) is 41.4 Å². The first-order chi connectivity index (χ1) is 9.92. The third-order valence-corrected chi connectivity index (χ3v) is 4.38. The van der Waals surface area contributed by atoms with Gasteiger partial charge < -0.3 is 5.11 Å². The van der Waals surface area contributed by atoms with Gasteiger partial charge in [0.25, 0.3) is 0 Å². The molecule has 0 aliphatic carbocycles. The summed E-state index contributed by atoms with van der Waals surface area (Å²) in [7, 11) is 0. The standard InChI is InChI=1S/C15H17BrF2N2O/c1-3-20-14(15(16)9(2)19-20)8-12(21)6-10-4-5-11(17)7-13(10)18/h4-5,7,12,21H,3,6,8H2,1-2H3. The van der Waals surface area contributed by atoms with E-state index in [0.717, 1.165) is 21.9 Å². The molecule has 114 valence electrons. The number of rotatable bonds is 5. The normalized spacial score (nSPS) is 12.7. The summed E-state index contributed by atoms with van der Waals surface area (Å²) in [4.78, 5) is 0. The number of aryl methyl sites for hydroxylation is 2. The average Bonchev–Trinajstić information content (AvgIpc) is 2.69. The molecule has 0 saturated carbocycles. The fraction of sp³-hybridized carbons (Fsp3) is 0.400. The van der Waals surface area contributed by atoms with Gasteiger partial charge in [-0.25, -0.2) is 8.78 Å². The van der Waals surface area contributed by atoms with Crippen LogP contribution in [0.4, 0.5) is 8.78 Å². The highest BCUT2D eigenvalue weighted by Crippen LogP contribution is 2.23. The number of hydrogen-bond donors (Lipinski definition) is 1. The van der Waals surface area contributed by atoms with Gasteiger partial charge in [-0.1, -0.05) is 6.07 Å². The summed E-state index contributed by atoms with van der Waals surface area (Å²) in [6, 6.07) is 3.39. The molecular weight excluding hydrogens is 342 g/mol. The molecule has 1 aromatic carbocycles. The van der Waals surface area contributed by atoms with Gasteiger partial charge in [-0.2, -0.15) is 5.10 Å². The Balaban J connectivity index is 2.13. The second-order valence-corrected chi connectivity index (χ2v) is 5.75. The Hall–Kier alpha value is -1.27. The maximum absolute atomic E-state index is 13.6. The summed E-state index contributed by atoms with van der Waals surface area (Å²) in [5, 5.41) is 14.5. The quantitative estimate of drug-likeness (QED) is 0.889. The van der Waals surface area contributed by atoms with Crippen LogP contribution in [-0.2, 0) is 19.4 Å². The van der Waals surface area contributed by atoms with Crippen LogP contribution < -0.4 is 0 Å². The minimum Gasteiger partial charge on any atom is -0.392 e. The van der Waals surface area contributed by atoms with Crippen LogP contribution in [0.5, 0.6) is 0 Å². The molecule has 0 radical (unpaired) electrons. The van der Waals surface area contributed by atoms with Crippen molar-refractivity contribution in [2.24, 2.45) is 0 Å². The number of aliphatic hydroxyl groups is 1. The monoisotopic (exact) mass is 358 g/mol. The van der Waals surface area contributed by atoms with Crippen molar-refractivity contribution in [2.45, 2.75) is 39.3 Å². The van der Waals surface area contributed by atoms with Crippen molar-refractivity contribution in [3.05, 3.63) is 51.3 Å². The summed E-state index contributed by atoms with van der Waals surface area (Å²) >= 11 is 3.46. The molecule has 1 heterocycles. The summed E-state index contributed by atoms with van der Waals surface area (Å²) in [5.41, 5.74) is 2.04. The SMILES string of the molecule is CCn1nc(C)c(Br)c1CC(O)Cc1ccc(F)cc1F. The van der Waals surface area contributed by atoms with Crippen LogP contribution in [-0.4, -0.2) is 21.0 Å². The summed E-state index contributed by atoms with van der Waals surface area (Å²) in [5.74, 6) is -1.25. The number of benzene rings is 1. The Morgan fingerprint density at radius 2 is 2.05 bits per heavy atom. The van der Waals surface area contributed by atoms with Gasteiger partial charge >= 0.3 is 0 Å².